The Hall–Kier alpha value is 0.463. The van der Waals surface area contributed by atoms with Crippen molar-refractivity contribution in [1.82, 2.24) is 0 Å². The minimum atomic E-state index is -4.08. The SMILES string of the molecule is FC(F)(F)C[C]1[CH][CH][CH][CH]1.FC(F)(F)C[C]1[CH][CH][CH][CH]1.[CH3-].[CH3-].[Zr+4]. The van der Waals surface area contributed by atoms with Crippen LogP contribution in [0.15, 0.2) is 0 Å². The first-order valence-corrected chi connectivity index (χ1v) is 5.70. The summed E-state index contributed by atoms with van der Waals surface area (Å²) >= 11 is 0. The van der Waals surface area contributed by atoms with Gasteiger partial charge in [0.15, 0.2) is 0 Å². The molecule has 2 aliphatic carbocycles. The van der Waals surface area contributed by atoms with Crippen molar-refractivity contribution in [2.75, 3.05) is 0 Å². The standard InChI is InChI=1S/2C7H6F3.2CH3.Zr/c2*8-7(9,10)5-6-3-1-2-4-6;;;/h2*1-4H,5H2;2*1H3;/q;;2*-1;+4. The molecule has 0 aromatic heterocycles. The van der Waals surface area contributed by atoms with E-state index in [-0.39, 0.29) is 41.1 Å². The van der Waals surface area contributed by atoms with Crippen molar-refractivity contribution in [3.63, 3.8) is 0 Å². The van der Waals surface area contributed by atoms with Crippen molar-refractivity contribution < 1.29 is 52.5 Å². The first-order valence-electron chi connectivity index (χ1n) is 5.70. The molecule has 7 heteroatoms. The molecule has 2 rings (SSSR count). The van der Waals surface area contributed by atoms with Gasteiger partial charge < -0.3 is 14.9 Å². The fourth-order valence-corrected chi connectivity index (χ4v) is 1.53. The first-order chi connectivity index (χ1) is 9.16. The predicted molar refractivity (Wildman–Crippen MR) is 75.1 cm³/mol. The molecule has 2 saturated carbocycles. The second kappa shape index (κ2) is 12.8. The van der Waals surface area contributed by atoms with Crippen molar-refractivity contribution in [3.8, 4) is 0 Å². The number of hydrogen-bond acceptors (Lipinski definition) is 0. The Morgan fingerprint density at radius 1 is 0.565 bits per heavy atom. The minimum absolute atomic E-state index is 0. The number of rotatable bonds is 2. The summed E-state index contributed by atoms with van der Waals surface area (Å²) < 4.78 is 69.7. The average molecular weight is 416 g/mol. The maximum Gasteiger partial charge on any atom is 4.00 e. The van der Waals surface area contributed by atoms with Crippen molar-refractivity contribution in [2.45, 2.75) is 25.2 Å². The fraction of sp³-hybridized carbons (Fsp3) is 0.250. The van der Waals surface area contributed by atoms with Gasteiger partial charge in [0.25, 0.3) is 0 Å². The zero-order chi connectivity index (χ0) is 15.2. The van der Waals surface area contributed by atoms with E-state index in [1.165, 1.54) is 25.7 Å². The van der Waals surface area contributed by atoms with Crippen LogP contribution < -0.4 is 0 Å². The minimum Gasteiger partial charge on any atom is -0.358 e. The second-order valence-electron chi connectivity index (χ2n) is 4.17. The van der Waals surface area contributed by atoms with Crippen molar-refractivity contribution in [2.24, 2.45) is 0 Å². The van der Waals surface area contributed by atoms with Gasteiger partial charge in [-0.05, 0) is 63.2 Å². The van der Waals surface area contributed by atoms with E-state index in [4.69, 9.17) is 0 Å². The molecule has 0 atom stereocenters. The van der Waals surface area contributed by atoms with Crippen LogP contribution in [0.3, 0.4) is 0 Å². The molecule has 0 heterocycles. The van der Waals surface area contributed by atoms with Gasteiger partial charge in [-0.15, -0.1) is 0 Å². The Morgan fingerprint density at radius 3 is 0.957 bits per heavy atom. The first kappa shape index (κ1) is 28.3. The molecule has 2 fully saturated rings. The van der Waals surface area contributed by atoms with Crippen LogP contribution in [0, 0.1) is 78.1 Å². The molecule has 0 amide bonds. The number of halogens is 6. The van der Waals surface area contributed by atoms with Crippen LogP contribution in [0.1, 0.15) is 12.8 Å². The maximum atomic E-state index is 11.6. The van der Waals surface area contributed by atoms with Crippen LogP contribution in [-0.4, -0.2) is 12.4 Å². The van der Waals surface area contributed by atoms with Gasteiger partial charge in [0.1, 0.15) is 0 Å². The van der Waals surface area contributed by atoms with Crippen molar-refractivity contribution in [1.29, 1.82) is 0 Å². The number of hydrogen-bond donors (Lipinski definition) is 0. The number of alkyl halides is 6. The van der Waals surface area contributed by atoms with E-state index in [1.54, 1.807) is 25.7 Å². The molecule has 10 radical (unpaired) electrons. The summed E-state index contributed by atoms with van der Waals surface area (Å²) in [7, 11) is 0. The summed E-state index contributed by atoms with van der Waals surface area (Å²) in [5, 5.41) is 0. The summed E-state index contributed by atoms with van der Waals surface area (Å²) in [6.07, 6.45) is 2.47. The smallest absolute Gasteiger partial charge is 0.358 e. The molecule has 0 nitrogen and oxygen atoms in total. The molecule has 0 spiro atoms. The van der Waals surface area contributed by atoms with E-state index in [1.807, 2.05) is 0 Å². The third kappa shape index (κ3) is 15.7. The van der Waals surface area contributed by atoms with Crippen LogP contribution in [0.5, 0.6) is 0 Å². The molecule has 0 aromatic rings. The third-order valence-corrected chi connectivity index (χ3v) is 2.27. The normalized spacial score (nSPS) is 19.0. The van der Waals surface area contributed by atoms with Crippen LogP contribution >= 0.6 is 0 Å². The van der Waals surface area contributed by atoms with Gasteiger partial charge in [0, 0.05) is 0 Å². The van der Waals surface area contributed by atoms with Crippen LogP contribution in [0.25, 0.3) is 0 Å². The molecular weight excluding hydrogens is 397 g/mol. The average Bonchev–Trinajstić information content (AvgIpc) is 2.87. The summed E-state index contributed by atoms with van der Waals surface area (Å²) in [6, 6.07) is 0. The van der Waals surface area contributed by atoms with Gasteiger partial charge in [0.05, 0.1) is 12.8 Å². The molecule has 0 unspecified atom stereocenters. The van der Waals surface area contributed by atoms with E-state index in [0.29, 0.717) is 11.8 Å². The summed E-state index contributed by atoms with van der Waals surface area (Å²) in [6.45, 7) is 0. The summed E-state index contributed by atoms with van der Waals surface area (Å²) in [5.41, 5.74) is 0. The third-order valence-electron chi connectivity index (χ3n) is 2.27. The summed E-state index contributed by atoms with van der Waals surface area (Å²) in [4.78, 5) is 0. The Kier molecular flexibility index (Phi) is 15.7. The molecule has 0 aliphatic heterocycles. The van der Waals surface area contributed by atoms with Crippen LogP contribution in [-0.2, 0) is 26.2 Å². The molecule has 0 bridgehead atoms. The van der Waals surface area contributed by atoms with E-state index in [2.05, 4.69) is 0 Å². The Labute approximate surface area is 155 Å². The molecule has 0 N–H and O–H groups in total. The Balaban J connectivity index is -0.000000308. The molecule has 0 saturated heterocycles. The zero-order valence-corrected chi connectivity index (χ0v) is 15.3. The van der Waals surface area contributed by atoms with Gasteiger partial charge in [0.2, 0.25) is 0 Å². The van der Waals surface area contributed by atoms with E-state index in [9.17, 15) is 26.3 Å². The monoisotopic (exact) mass is 414 g/mol. The molecule has 23 heavy (non-hydrogen) atoms. The van der Waals surface area contributed by atoms with E-state index < -0.39 is 25.2 Å². The van der Waals surface area contributed by atoms with Gasteiger partial charge in [-0.3, -0.25) is 0 Å². The van der Waals surface area contributed by atoms with Gasteiger partial charge in [-0.1, -0.05) is 0 Å². The maximum absolute atomic E-state index is 11.6. The quantitative estimate of drug-likeness (QED) is 0.408. The predicted octanol–water partition coefficient (Wildman–Crippen LogP) is 5.59. The second-order valence-corrected chi connectivity index (χ2v) is 4.17. The van der Waals surface area contributed by atoms with Gasteiger partial charge >= 0.3 is 38.6 Å². The Bertz CT molecular complexity index is 235. The van der Waals surface area contributed by atoms with E-state index >= 15 is 0 Å². The van der Waals surface area contributed by atoms with E-state index in [0.717, 1.165) is 0 Å². The van der Waals surface area contributed by atoms with Crippen molar-refractivity contribution in [3.05, 3.63) is 78.1 Å². The topological polar surface area (TPSA) is 0 Å². The van der Waals surface area contributed by atoms with Crippen molar-refractivity contribution >= 4 is 0 Å². The van der Waals surface area contributed by atoms with Gasteiger partial charge in [-0.25, -0.2) is 0 Å². The van der Waals surface area contributed by atoms with Crippen LogP contribution in [0.4, 0.5) is 26.3 Å². The Morgan fingerprint density at radius 2 is 0.783 bits per heavy atom. The molecule has 126 valence electrons. The largest absolute Gasteiger partial charge is 4.00 e. The zero-order valence-electron chi connectivity index (χ0n) is 12.8. The summed E-state index contributed by atoms with van der Waals surface area (Å²) in [5.74, 6) is 0.653. The molecule has 0 aromatic carbocycles. The fourth-order valence-electron chi connectivity index (χ4n) is 1.53. The molecular formula is C16H18F6Zr+2. The van der Waals surface area contributed by atoms with Gasteiger partial charge in [-0.2, -0.15) is 26.3 Å². The van der Waals surface area contributed by atoms with Crippen LogP contribution in [0.2, 0.25) is 0 Å². The molecule has 2 aliphatic rings.